The monoisotopic (exact) mass is 307 g/mol. The van der Waals surface area contributed by atoms with Crippen molar-refractivity contribution in [3.63, 3.8) is 0 Å². The Morgan fingerprint density at radius 2 is 2.05 bits per heavy atom. The first kappa shape index (κ1) is 14.2. The molecule has 1 saturated heterocycles. The Balaban J connectivity index is 1.82. The number of ether oxygens (including phenoxy) is 1. The minimum Gasteiger partial charge on any atom is -0.378 e. The molecule has 7 heteroatoms. The number of imidazole rings is 1. The summed E-state index contributed by atoms with van der Waals surface area (Å²) in [4.78, 5) is 7.94. The highest BCUT2D eigenvalue weighted by Gasteiger charge is 2.18. The second-order valence-corrected chi connectivity index (χ2v) is 7.08. The van der Waals surface area contributed by atoms with E-state index < -0.39 is 9.84 Å². The summed E-state index contributed by atoms with van der Waals surface area (Å²) in [6, 6.07) is 6.83. The fourth-order valence-corrected chi connectivity index (χ4v) is 2.91. The van der Waals surface area contributed by atoms with E-state index in [0.29, 0.717) is 11.5 Å². The zero-order valence-electron chi connectivity index (χ0n) is 11.7. The molecule has 2 aromatic rings. The van der Waals surface area contributed by atoms with Crippen LogP contribution < -0.4 is 5.32 Å². The molecule has 21 heavy (non-hydrogen) atoms. The normalized spacial score (nSPS) is 19.6. The van der Waals surface area contributed by atoms with Crippen molar-refractivity contribution in [1.82, 2.24) is 15.3 Å². The van der Waals surface area contributed by atoms with Crippen LogP contribution in [0.1, 0.15) is 11.9 Å². The van der Waals surface area contributed by atoms with Gasteiger partial charge in [0.2, 0.25) is 0 Å². The van der Waals surface area contributed by atoms with Crippen molar-refractivity contribution >= 4 is 9.84 Å². The van der Waals surface area contributed by atoms with E-state index in [1.54, 1.807) is 30.5 Å². The van der Waals surface area contributed by atoms with Crippen LogP contribution in [0.25, 0.3) is 11.3 Å². The first-order valence-electron chi connectivity index (χ1n) is 6.70. The van der Waals surface area contributed by atoms with Crippen LogP contribution in [-0.2, 0) is 14.6 Å². The van der Waals surface area contributed by atoms with Crippen molar-refractivity contribution in [3.05, 3.63) is 36.3 Å². The number of morpholine rings is 1. The number of nitrogens with zero attached hydrogens (tertiary/aromatic N) is 1. The lowest BCUT2D eigenvalue weighted by Crippen LogP contribution is -2.35. The van der Waals surface area contributed by atoms with Gasteiger partial charge in [-0.1, -0.05) is 12.1 Å². The Morgan fingerprint density at radius 1 is 1.29 bits per heavy atom. The topological polar surface area (TPSA) is 84.1 Å². The van der Waals surface area contributed by atoms with Gasteiger partial charge in [-0.25, -0.2) is 13.4 Å². The third-order valence-electron chi connectivity index (χ3n) is 3.44. The number of rotatable bonds is 3. The van der Waals surface area contributed by atoms with Crippen molar-refractivity contribution in [2.24, 2.45) is 0 Å². The molecule has 0 radical (unpaired) electrons. The number of hydrogen-bond acceptors (Lipinski definition) is 5. The lowest BCUT2D eigenvalue weighted by Gasteiger charge is -2.21. The number of H-pyrrole nitrogens is 1. The van der Waals surface area contributed by atoms with Gasteiger partial charge < -0.3 is 15.0 Å². The van der Waals surface area contributed by atoms with E-state index in [-0.39, 0.29) is 6.04 Å². The average molecular weight is 307 g/mol. The van der Waals surface area contributed by atoms with Crippen LogP contribution in [-0.4, -0.2) is 44.4 Å². The Morgan fingerprint density at radius 3 is 2.67 bits per heavy atom. The molecule has 0 saturated carbocycles. The SMILES string of the molecule is CS(=O)(=O)c1ccc(-c2cnc([C@@H]3COCCN3)[nH]2)cc1. The molecule has 2 N–H and O–H groups in total. The molecule has 112 valence electrons. The zero-order valence-corrected chi connectivity index (χ0v) is 12.5. The van der Waals surface area contributed by atoms with E-state index in [2.05, 4.69) is 15.3 Å². The molecule has 3 rings (SSSR count). The van der Waals surface area contributed by atoms with Crippen LogP contribution in [0.2, 0.25) is 0 Å². The maximum Gasteiger partial charge on any atom is 0.175 e. The molecule has 0 amide bonds. The Hall–Kier alpha value is -1.70. The summed E-state index contributed by atoms with van der Waals surface area (Å²) in [6.45, 7) is 2.13. The third-order valence-corrected chi connectivity index (χ3v) is 4.57. The molecule has 1 aromatic heterocycles. The standard InChI is InChI=1S/C14H17N3O3S/c1-21(18,19)11-4-2-10(3-5-11)12-8-16-14(17-12)13-9-20-7-6-15-13/h2-5,8,13,15H,6-7,9H2,1H3,(H,16,17)/t13-/m0/s1. The molecular formula is C14H17N3O3S. The molecular weight excluding hydrogens is 290 g/mol. The Bertz CT molecular complexity index is 716. The van der Waals surface area contributed by atoms with Crippen LogP contribution >= 0.6 is 0 Å². The van der Waals surface area contributed by atoms with E-state index in [9.17, 15) is 8.42 Å². The first-order chi connectivity index (χ1) is 10.0. The van der Waals surface area contributed by atoms with Gasteiger partial charge in [-0.2, -0.15) is 0 Å². The average Bonchev–Trinajstić information content (AvgIpc) is 2.97. The van der Waals surface area contributed by atoms with E-state index in [1.807, 2.05) is 0 Å². The van der Waals surface area contributed by atoms with E-state index in [0.717, 1.165) is 30.2 Å². The number of aromatic nitrogens is 2. The highest BCUT2D eigenvalue weighted by Crippen LogP contribution is 2.22. The Labute approximate surface area is 123 Å². The number of benzene rings is 1. The molecule has 0 bridgehead atoms. The predicted molar refractivity (Wildman–Crippen MR) is 78.7 cm³/mol. The predicted octanol–water partition coefficient (Wildman–Crippen LogP) is 1.14. The summed E-state index contributed by atoms with van der Waals surface area (Å²) in [5.41, 5.74) is 1.76. The van der Waals surface area contributed by atoms with Crippen LogP contribution in [0.5, 0.6) is 0 Å². The highest BCUT2D eigenvalue weighted by molar-refractivity contribution is 7.90. The molecule has 1 aliphatic rings. The van der Waals surface area contributed by atoms with Crippen molar-refractivity contribution < 1.29 is 13.2 Å². The number of hydrogen-bond donors (Lipinski definition) is 2. The second-order valence-electron chi connectivity index (χ2n) is 5.06. The molecule has 0 spiro atoms. The van der Waals surface area contributed by atoms with E-state index in [4.69, 9.17) is 4.74 Å². The lowest BCUT2D eigenvalue weighted by atomic mass is 10.2. The van der Waals surface area contributed by atoms with Crippen LogP contribution in [0.3, 0.4) is 0 Å². The van der Waals surface area contributed by atoms with E-state index in [1.165, 1.54) is 6.26 Å². The molecule has 1 atom stereocenters. The third kappa shape index (κ3) is 3.15. The largest absolute Gasteiger partial charge is 0.378 e. The number of nitrogens with one attached hydrogen (secondary N) is 2. The van der Waals surface area contributed by atoms with Gasteiger partial charge in [0, 0.05) is 12.8 Å². The summed E-state index contributed by atoms with van der Waals surface area (Å²) in [5, 5.41) is 3.33. The first-order valence-corrected chi connectivity index (χ1v) is 8.60. The quantitative estimate of drug-likeness (QED) is 0.888. The molecule has 0 unspecified atom stereocenters. The summed E-state index contributed by atoms with van der Waals surface area (Å²) in [6.07, 6.45) is 2.95. The fraction of sp³-hybridized carbons (Fsp3) is 0.357. The van der Waals surface area contributed by atoms with Crippen LogP contribution in [0.15, 0.2) is 35.4 Å². The van der Waals surface area contributed by atoms with Gasteiger partial charge in [-0.05, 0) is 17.7 Å². The smallest absolute Gasteiger partial charge is 0.175 e. The molecule has 2 heterocycles. The van der Waals surface area contributed by atoms with Gasteiger partial charge in [0.1, 0.15) is 5.82 Å². The van der Waals surface area contributed by atoms with Gasteiger partial charge in [-0.15, -0.1) is 0 Å². The highest BCUT2D eigenvalue weighted by atomic mass is 32.2. The van der Waals surface area contributed by atoms with Crippen LogP contribution in [0, 0.1) is 0 Å². The minimum atomic E-state index is -3.17. The van der Waals surface area contributed by atoms with Gasteiger partial charge in [0.05, 0.1) is 36.0 Å². The maximum absolute atomic E-state index is 11.4. The van der Waals surface area contributed by atoms with Crippen molar-refractivity contribution in [2.45, 2.75) is 10.9 Å². The van der Waals surface area contributed by atoms with Crippen molar-refractivity contribution in [2.75, 3.05) is 26.0 Å². The minimum absolute atomic E-state index is 0.0720. The molecule has 1 aliphatic heterocycles. The summed E-state index contributed by atoms with van der Waals surface area (Å²) >= 11 is 0. The second kappa shape index (κ2) is 5.59. The summed E-state index contributed by atoms with van der Waals surface area (Å²) in [5.74, 6) is 0.830. The van der Waals surface area contributed by atoms with Gasteiger partial charge in [0.25, 0.3) is 0 Å². The number of sulfone groups is 1. The van der Waals surface area contributed by atoms with Crippen molar-refractivity contribution in [3.8, 4) is 11.3 Å². The molecule has 1 fully saturated rings. The fourth-order valence-electron chi connectivity index (χ4n) is 2.28. The van der Waals surface area contributed by atoms with Crippen LogP contribution in [0.4, 0.5) is 0 Å². The molecule has 1 aromatic carbocycles. The molecule has 6 nitrogen and oxygen atoms in total. The zero-order chi connectivity index (χ0) is 14.9. The number of aromatic amines is 1. The molecule has 0 aliphatic carbocycles. The van der Waals surface area contributed by atoms with E-state index >= 15 is 0 Å². The lowest BCUT2D eigenvalue weighted by molar-refractivity contribution is 0.0745. The summed E-state index contributed by atoms with van der Waals surface area (Å²) in [7, 11) is -3.17. The van der Waals surface area contributed by atoms with Gasteiger partial charge >= 0.3 is 0 Å². The Kier molecular flexibility index (Phi) is 3.79. The van der Waals surface area contributed by atoms with Crippen molar-refractivity contribution in [1.29, 1.82) is 0 Å². The maximum atomic E-state index is 11.4. The van der Waals surface area contributed by atoms with Gasteiger partial charge in [-0.3, -0.25) is 0 Å². The van der Waals surface area contributed by atoms with Gasteiger partial charge in [0.15, 0.2) is 9.84 Å². The summed E-state index contributed by atoms with van der Waals surface area (Å²) < 4.78 is 28.3.